The average Bonchev–Trinajstić information content (AvgIpc) is 2.66. The molecule has 0 saturated carbocycles. The van der Waals surface area contributed by atoms with Gasteiger partial charge in [-0.2, -0.15) is 0 Å². The summed E-state index contributed by atoms with van der Waals surface area (Å²) in [6.45, 7) is 10.3. The highest BCUT2D eigenvalue weighted by Gasteiger charge is 2.34. The van der Waals surface area contributed by atoms with Crippen molar-refractivity contribution in [1.82, 2.24) is 10.2 Å². The molecule has 106 valence electrons. The van der Waals surface area contributed by atoms with Crippen molar-refractivity contribution in [1.29, 1.82) is 0 Å². The van der Waals surface area contributed by atoms with Crippen LogP contribution in [0.25, 0.3) is 0 Å². The molecule has 1 saturated heterocycles. The molecule has 1 amide bonds. The molecule has 1 aliphatic heterocycles. The highest BCUT2D eigenvalue weighted by Crippen LogP contribution is 2.25. The summed E-state index contributed by atoms with van der Waals surface area (Å²) in [4.78, 5) is 14.5. The first-order valence-corrected chi connectivity index (χ1v) is 7.07. The van der Waals surface area contributed by atoms with Gasteiger partial charge in [-0.1, -0.05) is 6.92 Å². The maximum absolute atomic E-state index is 12.2. The molecule has 2 N–H and O–H groups in total. The van der Waals surface area contributed by atoms with E-state index in [0.29, 0.717) is 12.1 Å². The van der Waals surface area contributed by atoms with E-state index in [4.69, 9.17) is 5.11 Å². The molecule has 1 rings (SSSR count). The number of carbonyl (C=O) groups excluding carboxylic acids is 1. The van der Waals surface area contributed by atoms with E-state index >= 15 is 0 Å². The third-order valence-corrected chi connectivity index (χ3v) is 4.36. The molecule has 5 atom stereocenters. The molecular formula is C14H28N2O2. The lowest BCUT2D eigenvalue weighted by Crippen LogP contribution is -2.52. The Bertz CT molecular complexity index is 273. The molecule has 0 aliphatic carbocycles. The number of carbonyl (C=O) groups is 1. The van der Waals surface area contributed by atoms with Gasteiger partial charge in [0.05, 0.1) is 6.04 Å². The SMILES string of the molecule is CC(CO)C(C)NC(=O)C(C)N1C(C)CCC1C. The van der Waals surface area contributed by atoms with E-state index in [-0.39, 0.29) is 30.5 Å². The van der Waals surface area contributed by atoms with E-state index in [9.17, 15) is 4.79 Å². The minimum absolute atomic E-state index is 0.0122. The van der Waals surface area contributed by atoms with E-state index in [1.807, 2.05) is 20.8 Å². The zero-order valence-corrected chi connectivity index (χ0v) is 12.3. The Kier molecular flexibility index (Phi) is 5.60. The van der Waals surface area contributed by atoms with Gasteiger partial charge in [0.1, 0.15) is 0 Å². The van der Waals surface area contributed by atoms with Crippen LogP contribution in [-0.4, -0.2) is 46.7 Å². The summed E-state index contributed by atoms with van der Waals surface area (Å²) in [5.41, 5.74) is 0. The number of aliphatic hydroxyl groups excluding tert-OH is 1. The maximum Gasteiger partial charge on any atom is 0.237 e. The molecule has 0 aromatic heterocycles. The molecule has 1 fully saturated rings. The molecular weight excluding hydrogens is 228 g/mol. The van der Waals surface area contributed by atoms with Gasteiger partial charge in [-0.05, 0) is 46.5 Å². The lowest BCUT2D eigenvalue weighted by Gasteiger charge is -2.33. The topological polar surface area (TPSA) is 52.6 Å². The minimum Gasteiger partial charge on any atom is -0.396 e. The first-order chi connectivity index (χ1) is 8.38. The molecule has 0 bridgehead atoms. The second-order valence-electron chi connectivity index (χ2n) is 5.86. The normalized spacial score (nSPS) is 29.9. The van der Waals surface area contributed by atoms with E-state index in [0.717, 1.165) is 0 Å². The minimum atomic E-state index is -0.0918. The van der Waals surface area contributed by atoms with Gasteiger partial charge in [-0.3, -0.25) is 9.69 Å². The number of aliphatic hydroxyl groups is 1. The number of likely N-dealkylation sites (tertiary alicyclic amines) is 1. The van der Waals surface area contributed by atoms with E-state index in [1.54, 1.807) is 0 Å². The number of hydrogen-bond acceptors (Lipinski definition) is 3. The third-order valence-electron chi connectivity index (χ3n) is 4.36. The third kappa shape index (κ3) is 3.45. The molecule has 1 aliphatic rings. The van der Waals surface area contributed by atoms with E-state index in [2.05, 4.69) is 24.1 Å². The van der Waals surface area contributed by atoms with Crippen LogP contribution in [0.15, 0.2) is 0 Å². The molecule has 0 spiro atoms. The molecule has 0 aromatic carbocycles. The van der Waals surface area contributed by atoms with Crippen LogP contribution in [0.3, 0.4) is 0 Å². The quantitative estimate of drug-likeness (QED) is 0.781. The van der Waals surface area contributed by atoms with Gasteiger partial charge in [-0.15, -0.1) is 0 Å². The van der Waals surface area contributed by atoms with E-state index < -0.39 is 0 Å². The van der Waals surface area contributed by atoms with Gasteiger partial charge in [0.25, 0.3) is 0 Å². The largest absolute Gasteiger partial charge is 0.396 e. The van der Waals surface area contributed by atoms with Crippen LogP contribution < -0.4 is 5.32 Å². The zero-order valence-electron chi connectivity index (χ0n) is 12.3. The Morgan fingerprint density at radius 3 is 2.22 bits per heavy atom. The number of rotatable bonds is 5. The van der Waals surface area contributed by atoms with Crippen LogP contribution >= 0.6 is 0 Å². The summed E-state index contributed by atoms with van der Waals surface area (Å²) in [5.74, 6) is 0.165. The number of hydrogen-bond donors (Lipinski definition) is 2. The summed E-state index contributed by atoms with van der Waals surface area (Å²) in [5, 5.41) is 12.1. The number of amides is 1. The molecule has 18 heavy (non-hydrogen) atoms. The Morgan fingerprint density at radius 1 is 1.28 bits per heavy atom. The van der Waals surface area contributed by atoms with Gasteiger partial charge in [0, 0.05) is 24.7 Å². The van der Waals surface area contributed by atoms with Crippen molar-refractivity contribution < 1.29 is 9.90 Å². The van der Waals surface area contributed by atoms with Gasteiger partial charge in [0.15, 0.2) is 0 Å². The van der Waals surface area contributed by atoms with Crippen LogP contribution in [0.1, 0.15) is 47.5 Å². The van der Waals surface area contributed by atoms with Crippen molar-refractivity contribution >= 4 is 5.91 Å². The van der Waals surface area contributed by atoms with Crippen LogP contribution in [0.5, 0.6) is 0 Å². The van der Waals surface area contributed by atoms with Crippen molar-refractivity contribution in [2.24, 2.45) is 5.92 Å². The molecule has 0 radical (unpaired) electrons. The second-order valence-corrected chi connectivity index (χ2v) is 5.86. The van der Waals surface area contributed by atoms with Crippen molar-refractivity contribution in [2.75, 3.05) is 6.61 Å². The highest BCUT2D eigenvalue weighted by atomic mass is 16.3. The van der Waals surface area contributed by atoms with Gasteiger partial charge in [-0.25, -0.2) is 0 Å². The Labute approximate surface area is 111 Å². The van der Waals surface area contributed by atoms with Crippen molar-refractivity contribution in [2.45, 2.75) is 71.6 Å². The van der Waals surface area contributed by atoms with E-state index in [1.165, 1.54) is 12.8 Å². The van der Waals surface area contributed by atoms with Crippen molar-refractivity contribution in [3.63, 3.8) is 0 Å². The molecule has 1 heterocycles. The fourth-order valence-electron chi connectivity index (χ4n) is 2.76. The molecule has 0 aromatic rings. The van der Waals surface area contributed by atoms with Crippen LogP contribution in [0.4, 0.5) is 0 Å². The maximum atomic E-state index is 12.2. The Balaban J connectivity index is 2.56. The van der Waals surface area contributed by atoms with Crippen LogP contribution in [-0.2, 0) is 4.79 Å². The number of nitrogens with zero attached hydrogens (tertiary/aromatic N) is 1. The first-order valence-electron chi connectivity index (χ1n) is 7.07. The van der Waals surface area contributed by atoms with Crippen molar-refractivity contribution in [3.05, 3.63) is 0 Å². The predicted octanol–water partition coefficient (Wildman–Crippen LogP) is 1.38. The summed E-state index contributed by atoms with van der Waals surface area (Å²) in [7, 11) is 0. The summed E-state index contributed by atoms with van der Waals surface area (Å²) < 4.78 is 0. The predicted molar refractivity (Wildman–Crippen MR) is 73.3 cm³/mol. The smallest absolute Gasteiger partial charge is 0.237 e. The zero-order chi connectivity index (χ0) is 13.9. The number of nitrogens with one attached hydrogen (secondary N) is 1. The van der Waals surface area contributed by atoms with Crippen molar-refractivity contribution in [3.8, 4) is 0 Å². The highest BCUT2D eigenvalue weighted by molar-refractivity contribution is 5.81. The first kappa shape index (κ1) is 15.4. The molecule has 5 unspecified atom stereocenters. The monoisotopic (exact) mass is 256 g/mol. The summed E-state index contributed by atoms with van der Waals surface area (Å²) in [6, 6.07) is 0.877. The van der Waals surface area contributed by atoms with Gasteiger partial charge < -0.3 is 10.4 Å². The van der Waals surface area contributed by atoms with Crippen LogP contribution in [0.2, 0.25) is 0 Å². The Morgan fingerprint density at radius 2 is 1.78 bits per heavy atom. The second kappa shape index (κ2) is 6.53. The van der Waals surface area contributed by atoms with Gasteiger partial charge >= 0.3 is 0 Å². The fourth-order valence-corrected chi connectivity index (χ4v) is 2.76. The molecule has 4 heteroatoms. The Hall–Kier alpha value is -0.610. The molecule has 4 nitrogen and oxygen atoms in total. The lowest BCUT2D eigenvalue weighted by molar-refractivity contribution is -0.127. The fraction of sp³-hybridized carbons (Fsp3) is 0.929. The van der Waals surface area contributed by atoms with Gasteiger partial charge in [0.2, 0.25) is 5.91 Å². The average molecular weight is 256 g/mol. The summed E-state index contributed by atoms with van der Waals surface area (Å²) in [6.07, 6.45) is 2.34. The summed E-state index contributed by atoms with van der Waals surface area (Å²) >= 11 is 0. The standard InChI is InChI=1S/C14H28N2O2/c1-9(8-17)12(4)15-14(18)13(5)16-10(2)6-7-11(16)3/h9-13,17H,6-8H2,1-5H3,(H,15,18). The van der Waals surface area contributed by atoms with Crippen LogP contribution in [0, 0.1) is 5.92 Å². The lowest BCUT2D eigenvalue weighted by atomic mass is 10.0.